The quantitative estimate of drug-likeness (QED) is 0.443. The number of aromatic amines is 1. The molecule has 3 N–H and O–H groups in total. The van der Waals surface area contributed by atoms with Crippen LogP contribution in [0.2, 0.25) is 0 Å². The van der Waals surface area contributed by atoms with Crippen molar-refractivity contribution in [3.05, 3.63) is 66.0 Å². The molecule has 3 rings (SSSR count). The number of carbonyl (C=O) groups excluding carboxylic acids is 1. The molecule has 0 saturated carbocycles. The van der Waals surface area contributed by atoms with Crippen molar-refractivity contribution >= 4 is 22.5 Å². The lowest BCUT2D eigenvalue weighted by Gasteiger charge is -2.06. The summed E-state index contributed by atoms with van der Waals surface area (Å²) in [6.07, 6.45) is 3.80. The van der Waals surface area contributed by atoms with Gasteiger partial charge >= 0.3 is 0 Å². The average Bonchev–Trinajstić information content (AvgIpc) is 3.17. The molecule has 0 bridgehead atoms. The zero-order valence-electron chi connectivity index (χ0n) is 14.8. The molecule has 7 nitrogen and oxygen atoms in total. The number of nitrogens with one attached hydrogen (secondary N) is 3. The summed E-state index contributed by atoms with van der Waals surface area (Å²) in [5, 5.41) is 22.8. The summed E-state index contributed by atoms with van der Waals surface area (Å²) in [6, 6.07) is 15.2. The molecule has 0 aliphatic heterocycles. The van der Waals surface area contributed by atoms with Crippen LogP contribution in [-0.4, -0.2) is 29.8 Å². The number of hydrogen-bond donors (Lipinski definition) is 3. The molecule has 0 atom stereocenters. The molecule has 0 unspecified atom stereocenters. The van der Waals surface area contributed by atoms with Gasteiger partial charge in [-0.05, 0) is 42.3 Å². The number of fused-ring (bicyclic) bond motifs is 1. The van der Waals surface area contributed by atoms with Crippen LogP contribution in [0, 0.1) is 11.3 Å². The molecule has 3 aromatic rings. The van der Waals surface area contributed by atoms with Gasteiger partial charge in [0.05, 0.1) is 18.8 Å². The number of H-pyrrole nitrogens is 1. The van der Waals surface area contributed by atoms with Gasteiger partial charge in [0.2, 0.25) is 0 Å². The first-order valence-corrected chi connectivity index (χ1v) is 8.40. The van der Waals surface area contributed by atoms with Crippen molar-refractivity contribution in [2.75, 3.05) is 19.0 Å². The average molecular weight is 361 g/mol. The number of aromatic nitrogens is 2. The molecule has 1 heterocycles. The second-order valence-electron chi connectivity index (χ2n) is 5.84. The van der Waals surface area contributed by atoms with Crippen molar-refractivity contribution in [1.29, 1.82) is 5.26 Å². The van der Waals surface area contributed by atoms with E-state index in [0.717, 1.165) is 27.9 Å². The summed E-state index contributed by atoms with van der Waals surface area (Å²) in [7, 11) is 1.62. The van der Waals surface area contributed by atoms with Gasteiger partial charge in [0.15, 0.2) is 0 Å². The standard InChI is InChI=1S/C20H19N5O2/c1-27-18-6-2-14(3-7-18)8-9-22-20(26)16(11-21)12-23-17-5-4-15-13-24-25-19(15)10-17/h2-7,10,12-13,23H,8-9H2,1H3,(H,22,26)(H,24,25)/b16-12-. The predicted molar refractivity (Wildman–Crippen MR) is 103 cm³/mol. The Morgan fingerprint density at radius 2 is 2.11 bits per heavy atom. The molecule has 0 radical (unpaired) electrons. The SMILES string of the molecule is COc1ccc(CCNC(=O)/C(C#N)=C\Nc2ccc3cn[nH]c3c2)cc1. The highest BCUT2D eigenvalue weighted by molar-refractivity contribution is 5.97. The summed E-state index contributed by atoms with van der Waals surface area (Å²) >= 11 is 0. The molecular formula is C20H19N5O2. The zero-order chi connectivity index (χ0) is 19.1. The maximum Gasteiger partial charge on any atom is 0.263 e. The fourth-order valence-corrected chi connectivity index (χ4v) is 2.54. The molecule has 0 aliphatic rings. The van der Waals surface area contributed by atoms with E-state index in [4.69, 9.17) is 4.74 Å². The lowest BCUT2D eigenvalue weighted by Crippen LogP contribution is -2.27. The zero-order valence-corrected chi connectivity index (χ0v) is 14.8. The highest BCUT2D eigenvalue weighted by atomic mass is 16.5. The Morgan fingerprint density at radius 3 is 2.85 bits per heavy atom. The van der Waals surface area contributed by atoms with Gasteiger partial charge in [0, 0.05) is 23.8 Å². The van der Waals surface area contributed by atoms with E-state index in [1.165, 1.54) is 6.20 Å². The Hall–Kier alpha value is -3.79. The van der Waals surface area contributed by atoms with Gasteiger partial charge in [-0.1, -0.05) is 12.1 Å². The van der Waals surface area contributed by atoms with E-state index in [1.807, 2.05) is 48.5 Å². The van der Waals surface area contributed by atoms with Crippen LogP contribution in [0.4, 0.5) is 5.69 Å². The minimum Gasteiger partial charge on any atom is -0.497 e. The van der Waals surface area contributed by atoms with E-state index in [2.05, 4.69) is 20.8 Å². The monoisotopic (exact) mass is 361 g/mol. The normalized spacial score (nSPS) is 11.0. The number of hydrogen-bond acceptors (Lipinski definition) is 5. The second-order valence-corrected chi connectivity index (χ2v) is 5.84. The van der Waals surface area contributed by atoms with Crippen LogP contribution in [0.1, 0.15) is 5.56 Å². The topological polar surface area (TPSA) is 103 Å². The van der Waals surface area contributed by atoms with Crippen molar-refractivity contribution in [2.24, 2.45) is 0 Å². The third-order valence-electron chi connectivity index (χ3n) is 4.05. The summed E-state index contributed by atoms with van der Waals surface area (Å²) in [4.78, 5) is 12.2. The summed E-state index contributed by atoms with van der Waals surface area (Å²) in [6.45, 7) is 0.435. The van der Waals surface area contributed by atoms with Crippen molar-refractivity contribution in [3.63, 3.8) is 0 Å². The van der Waals surface area contributed by atoms with Crippen LogP contribution in [0.3, 0.4) is 0 Å². The minimum atomic E-state index is -0.416. The smallest absolute Gasteiger partial charge is 0.263 e. The Bertz CT molecular complexity index is 999. The van der Waals surface area contributed by atoms with E-state index in [1.54, 1.807) is 13.3 Å². The lowest BCUT2D eigenvalue weighted by atomic mass is 10.1. The van der Waals surface area contributed by atoms with Crippen LogP contribution < -0.4 is 15.4 Å². The van der Waals surface area contributed by atoms with Gasteiger partial charge in [-0.15, -0.1) is 0 Å². The van der Waals surface area contributed by atoms with Crippen molar-refractivity contribution in [3.8, 4) is 11.8 Å². The molecule has 7 heteroatoms. The third-order valence-corrected chi connectivity index (χ3v) is 4.05. The van der Waals surface area contributed by atoms with Crippen LogP contribution in [0.5, 0.6) is 5.75 Å². The van der Waals surface area contributed by atoms with Crippen molar-refractivity contribution in [1.82, 2.24) is 15.5 Å². The first-order chi connectivity index (χ1) is 13.2. The van der Waals surface area contributed by atoms with Crippen LogP contribution in [-0.2, 0) is 11.2 Å². The maximum absolute atomic E-state index is 12.2. The van der Waals surface area contributed by atoms with E-state index in [0.29, 0.717) is 13.0 Å². The van der Waals surface area contributed by atoms with E-state index < -0.39 is 5.91 Å². The predicted octanol–water partition coefficient (Wildman–Crippen LogP) is 2.75. The molecule has 27 heavy (non-hydrogen) atoms. The van der Waals surface area contributed by atoms with Gasteiger partial charge in [-0.3, -0.25) is 9.89 Å². The number of amides is 1. The largest absolute Gasteiger partial charge is 0.497 e. The van der Waals surface area contributed by atoms with Gasteiger partial charge in [0.1, 0.15) is 17.4 Å². The second kappa shape index (κ2) is 8.54. The van der Waals surface area contributed by atoms with Crippen LogP contribution in [0.25, 0.3) is 10.9 Å². The number of methoxy groups -OCH3 is 1. The van der Waals surface area contributed by atoms with Gasteiger partial charge < -0.3 is 15.4 Å². The fraction of sp³-hybridized carbons (Fsp3) is 0.150. The van der Waals surface area contributed by atoms with E-state index >= 15 is 0 Å². The molecule has 0 aliphatic carbocycles. The van der Waals surface area contributed by atoms with Crippen molar-refractivity contribution < 1.29 is 9.53 Å². The number of nitrogens with zero attached hydrogens (tertiary/aromatic N) is 2. The minimum absolute atomic E-state index is 0.00874. The highest BCUT2D eigenvalue weighted by Crippen LogP contribution is 2.16. The molecule has 1 aromatic heterocycles. The molecule has 0 saturated heterocycles. The van der Waals surface area contributed by atoms with E-state index in [-0.39, 0.29) is 5.57 Å². The number of nitriles is 1. The lowest BCUT2D eigenvalue weighted by molar-refractivity contribution is -0.117. The van der Waals surface area contributed by atoms with Crippen molar-refractivity contribution in [2.45, 2.75) is 6.42 Å². The molecule has 1 amide bonds. The maximum atomic E-state index is 12.2. The Labute approximate surface area is 156 Å². The molecule has 2 aromatic carbocycles. The summed E-state index contributed by atoms with van der Waals surface area (Å²) < 4.78 is 5.11. The van der Waals surface area contributed by atoms with Gasteiger partial charge in [-0.25, -0.2) is 0 Å². The molecule has 0 fully saturated rings. The Balaban J connectivity index is 1.54. The first-order valence-electron chi connectivity index (χ1n) is 8.40. The highest BCUT2D eigenvalue weighted by Gasteiger charge is 2.08. The Kier molecular flexibility index (Phi) is 5.70. The van der Waals surface area contributed by atoms with Gasteiger partial charge in [-0.2, -0.15) is 10.4 Å². The number of rotatable bonds is 7. The Morgan fingerprint density at radius 1 is 1.30 bits per heavy atom. The number of benzene rings is 2. The van der Waals surface area contributed by atoms with Gasteiger partial charge in [0.25, 0.3) is 5.91 Å². The molecule has 0 spiro atoms. The van der Waals surface area contributed by atoms with Crippen LogP contribution in [0.15, 0.2) is 60.4 Å². The number of anilines is 1. The van der Waals surface area contributed by atoms with E-state index in [9.17, 15) is 10.1 Å². The number of ether oxygens (including phenoxy) is 1. The number of carbonyl (C=O) groups is 1. The molecular weight excluding hydrogens is 342 g/mol. The third kappa shape index (κ3) is 4.64. The molecule has 136 valence electrons. The first kappa shape index (κ1) is 18.0. The summed E-state index contributed by atoms with van der Waals surface area (Å²) in [5.74, 6) is 0.373. The fourth-order valence-electron chi connectivity index (χ4n) is 2.54. The van der Waals surface area contributed by atoms with Crippen LogP contribution >= 0.6 is 0 Å². The summed E-state index contributed by atoms with van der Waals surface area (Å²) in [5.41, 5.74) is 2.71.